The van der Waals surface area contributed by atoms with E-state index in [0.29, 0.717) is 32.6 Å². The fourth-order valence-corrected chi connectivity index (χ4v) is 6.98. The number of piperidine rings is 1. The molecule has 1 spiro atoms. The number of hydrogen-bond acceptors (Lipinski definition) is 4. The molecule has 0 bridgehead atoms. The SMILES string of the molecule is CC(C)c1cccc(C(C)C)c1NC(=O)N1CCC2(CC1)C(=O)N(CC(=O)NC1CCCCC1)CN2c1ccccc1. The summed E-state index contributed by atoms with van der Waals surface area (Å²) in [6, 6.07) is 16.3. The molecule has 3 aliphatic rings. The van der Waals surface area contributed by atoms with Gasteiger partial charge in [-0.2, -0.15) is 0 Å². The number of para-hydroxylation sites is 2. The van der Waals surface area contributed by atoms with Gasteiger partial charge >= 0.3 is 6.03 Å². The number of rotatable bonds is 7. The lowest BCUT2D eigenvalue weighted by molar-refractivity contribution is -0.137. The van der Waals surface area contributed by atoms with E-state index < -0.39 is 5.54 Å². The molecule has 0 unspecified atom stereocenters. The second-order valence-corrected chi connectivity index (χ2v) is 12.9. The molecule has 2 N–H and O–H groups in total. The van der Waals surface area contributed by atoms with Crippen molar-refractivity contribution >= 4 is 29.2 Å². The number of carbonyl (C=O) groups is 3. The predicted molar refractivity (Wildman–Crippen MR) is 168 cm³/mol. The molecule has 2 aromatic carbocycles. The molecule has 8 heteroatoms. The van der Waals surface area contributed by atoms with E-state index in [0.717, 1.165) is 48.2 Å². The van der Waals surface area contributed by atoms with E-state index >= 15 is 0 Å². The molecule has 2 aromatic rings. The van der Waals surface area contributed by atoms with Gasteiger partial charge in [-0.3, -0.25) is 9.59 Å². The highest BCUT2D eigenvalue weighted by Crippen LogP contribution is 2.40. The zero-order valence-corrected chi connectivity index (χ0v) is 25.7. The highest BCUT2D eigenvalue weighted by molar-refractivity contribution is 5.97. The fraction of sp³-hybridized carbons (Fsp3) is 0.559. The van der Waals surface area contributed by atoms with Crippen molar-refractivity contribution in [2.45, 2.75) is 96.1 Å². The van der Waals surface area contributed by atoms with Crippen LogP contribution in [0.3, 0.4) is 0 Å². The van der Waals surface area contributed by atoms with E-state index in [2.05, 4.69) is 61.4 Å². The Bertz CT molecular complexity index is 1240. The third-order valence-electron chi connectivity index (χ3n) is 9.37. The average molecular weight is 574 g/mol. The van der Waals surface area contributed by atoms with Crippen LogP contribution in [0.15, 0.2) is 48.5 Å². The summed E-state index contributed by atoms with van der Waals surface area (Å²) in [7, 11) is 0. The minimum Gasteiger partial charge on any atom is -0.352 e. The van der Waals surface area contributed by atoms with E-state index in [1.54, 1.807) is 4.90 Å². The number of benzene rings is 2. The largest absolute Gasteiger partial charge is 0.352 e. The number of urea groups is 1. The number of amides is 4. The smallest absolute Gasteiger partial charge is 0.321 e. The van der Waals surface area contributed by atoms with Crippen LogP contribution in [0.2, 0.25) is 0 Å². The maximum Gasteiger partial charge on any atom is 0.321 e. The lowest BCUT2D eigenvalue weighted by Crippen LogP contribution is -2.58. The van der Waals surface area contributed by atoms with Crippen LogP contribution in [-0.4, -0.2) is 65.5 Å². The molecule has 226 valence electrons. The van der Waals surface area contributed by atoms with Gasteiger partial charge in [-0.25, -0.2) is 4.79 Å². The summed E-state index contributed by atoms with van der Waals surface area (Å²) in [5.74, 6) is 0.459. The maximum absolute atomic E-state index is 14.1. The van der Waals surface area contributed by atoms with Crippen LogP contribution in [0.5, 0.6) is 0 Å². The Balaban J connectivity index is 1.31. The van der Waals surface area contributed by atoms with E-state index in [4.69, 9.17) is 0 Å². The molecule has 4 amide bonds. The standard InChI is InChI=1S/C34H47N5O3/c1-24(2)28-16-11-17-29(25(3)4)31(28)36-33(42)37-20-18-34(19-21-37)32(41)38(23-39(34)27-14-9-6-10-15-27)22-30(40)35-26-12-7-5-8-13-26/h6,9-11,14-17,24-26H,5,7-8,12-13,18-23H2,1-4H3,(H,35,40)(H,36,42). The Morgan fingerprint density at radius 1 is 0.881 bits per heavy atom. The number of hydrogen-bond donors (Lipinski definition) is 2. The third kappa shape index (κ3) is 6.13. The van der Waals surface area contributed by atoms with Crippen molar-refractivity contribution in [1.82, 2.24) is 15.1 Å². The third-order valence-corrected chi connectivity index (χ3v) is 9.37. The molecule has 2 saturated heterocycles. The van der Waals surface area contributed by atoms with Gasteiger partial charge in [0.1, 0.15) is 12.1 Å². The van der Waals surface area contributed by atoms with Gasteiger partial charge in [-0.05, 0) is 60.8 Å². The lowest BCUT2D eigenvalue weighted by Gasteiger charge is -2.43. The predicted octanol–water partition coefficient (Wildman–Crippen LogP) is 6.06. The van der Waals surface area contributed by atoms with Gasteiger partial charge in [0.05, 0.1) is 6.67 Å². The molecular weight excluding hydrogens is 526 g/mol. The van der Waals surface area contributed by atoms with E-state index in [9.17, 15) is 14.4 Å². The summed E-state index contributed by atoms with van der Waals surface area (Å²) >= 11 is 0. The molecule has 42 heavy (non-hydrogen) atoms. The summed E-state index contributed by atoms with van der Waals surface area (Å²) in [6.07, 6.45) is 6.56. The summed E-state index contributed by atoms with van der Waals surface area (Å²) in [5, 5.41) is 6.41. The Labute approximate surface area is 250 Å². The monoisotopic (exact) mass is 573 g/mol. The maximum atomic E-state index is 14.1. The molecule has 0 radical (unpaired) electrons. The lowest BCUT2D eigenvalue weighted by atomic mass is 9.85. The van der Waals surface area contributed by atoms with Crippen LogP contribution in [0.25, 0.3) is 0 Å². The Hall–Kier alpha value is -3.55. The first-order chi connectivity index (χ1) is 20.2. The second-order valence-electron chi connectivity index (χ2n) is 12.9. The van der Waals surface area contributed by atoms with Gasteiger partial charge in [0.2, 0.25) is 5.91 Å². The highest BCUT2D eigenvalue weighted by Gasteiger charge is 2.54. The molecule has 2 heterocycles. The highest BCUT2D eigenvalue weighted by atomic mass is 16.2. The Morgan fingerprint density at radius 3 is 2.10 bits per heavy atom. The number of nitrogens with one attached hydrogen (secondary N) is 2. The summed E-state index contributed by atoms with van der Waals surface area (Å²) < 4.78 is 0. The van der Waals surface area contributed by atoms with Crippen LogP contribution in [0.1, 0.15) is 95.6 Å². The first-order valence-corrected chi connectivity index (χ1v) is 15.8. The van der Waals surface area contributed by atoms with Crippen molar-refractivity contribution in [1.29, 1.82) is 0 Å². The molecule has 0 aromatic heterocycles. The quantitative estimate of drug-likeness (QED) is 0.422. The topological polar surface area (TPSA) is 85.0 Å². The van der Waals surface area contributed by atoms with Crippen LogP contribution in [-0.2, 0) is 9.59 Å². The van der Waals surface area contributed by atoms with E-state index in [-0.39, 0.29) is 42.3 Å². The molecule has 3 fully saturated rings. The van der Waals surface area contributed by atoms with Gasteiger partial charge in [0.25, 0.3) is 5.91 Å². The van der Waals surface area contributed by atoms with Gasteiger partial charge < -0.3 is 25.3 Å². The second kappa shape index (κ2) is 12.8. The van der Waals surface area contributed by atoms with E-state index in [1.165, 1.54) is 6.42 Å². The summed E-state index contributed by atoms with van der Waals surface area (Å²) in [6.45, 7) is 9.93. The average Bonchev–Trinajstić information content (AvgIpc) is 3.24. The van der Waals surface area contributed by atoms with Crippen molar-refractivity contribution in [3.8, 4) is 0 Å². The molecule has 2 aliphatic heterocycles. The molecule has 1 saturated carbocycles. The van der Waals surface area contributed by atoms with Crippen LogP contribution >= 0.6 is 0 Å². The van der Waals surface area contributed by atoms with Crippen molar-refractivity contribution in [3.63, 3.8) is 0 Å². The van der Waals surface area contributed by atoms with Crippen LogP contribution in [0, 0.1) is 0 Å². The van der Waals surface area contributed by atoms with E-state index in [1.807, 2.05) is 35.2 Å². The van der Waals surface area contributed by atoms with Gasteiger partial charge in [0.15, 0.2) is 0 Å². The normalized spacial score (nSPS) is 19.2. The molecule has 0 atom stereocenters. The van der Waals surface area contributed by atoms with Crippen molar-refractivity contribution in [3.05, 3.63) is 59.7 Å². The van der Waals surface area contributed by atoms with Gasteiger partial charge in [-0.1, -0.05) is 83.4 Å². The Kier molecular flexibility index (Phi) is 9.09. The fourth-order valence-electron chi connectivity index (χ4n) is 6.98. The molecule has 5 rings (SSSR count). The van der Waals surface area contributed by atoms with Crippen LogP contribution in [0.4, 0.5) is 16.2 Å². The van der Waals surface area contributed by atoms with Crippen molar-refractivity contribution < 1.29 is 14.4 Å². The minimum absolute atomic E-state index is 0.0162. The van der Waals surface area contributed by atoms with Crippen LogP contribution < -0.4 is 15.5 Å². The van der Waals surface area contributed by atoms with Crippen molar-refractivity contribution in [2.75, 3.05) is 36.5 Å². The molecule has 8 nitrogen and oxygen atoms in total. The zero-order valence-electron chi connectivity index (χ0n) is 25.7. The number of likely N-dealkylation sites (tertiary alicyclic amines) is 1. The first kappa shape index (κ1) is 29.9. The molecule has 1 aliphatic carbocycles. The minimum atomic E-state index is -0.776. The summed E-state index contributed by atoms with van der Waals surface area (Å²) in [5.41, 5.74) is 3.36. The van der Waals surface area contributed by atoms with Gasteiger partial charge in [-0.15, -0.1) is 0 Å². The number of carbonyl (C=O) groups excluding carboxylic acids is 3. The van der Waals surface area contributed by atoms with Crippen molar-refractivity contribution in [2.24, 2.45) is 0 Å². The Morgan fingerprint density at radius 2 is 1.50 bits per heavy atom. The zero-order chi connectivity index (χ0) is 29.9. The number of nitrogens with zero attached hydrogens (tertiary/aromatic N) is 3. The molecular formula is C34H47N5O3. The van der Waals surface area contributed by atoms with Gasteiger partial charge in [0, 0.05) is 30.5 Å². The summed E-state index contributed by atoms with van der Waals surface area (Å²) in [4.78, 5) is 46.4. The first-order valence-electron chi connectivity index (χ1n) is 15.8. The number of anilines is 2.